The maximum absolute atomic E-state index is 13.6. The SMILES string of the molecule is COc1cc(Nc2ccc3ncc(-c4cnn(C5CCN(C(=O)C6(OC(=O)OC(C)(C)C)CN(C(=O)O)C6)CC5)c4)nc3c2)cc(OC)c1. The number of ether oxygens (including phenoxy) is 4. The Morgan fingerprint density at radius 3 is 2.24 bits per heavy atom. The molecule has 0 spiro atoms. The predicted molar refractivity (Wildman–Crippen MR) is 178 cm³/mol. The Kier molecular flexibility index (Phi) is 8.92. The van der Waals surface area contributed by atoms with E-state index in [0.29, 0.717) is 48.6 Å². The Hall–Kier alpha value is -5.60. The lowest BCUT2D eigenvalue weighted by atomic mass is 9.91. The number of anilines is 2. The number of nitrogens with one attached hydrogen (secondary N) is 1. The summed E-state index contributed by atoms with van der Waals surface area (Å²) in [5, 5.41) is 17.4. The third-order valence-corrected chi connectivity index (χ3v) is 8.43. The first-order valence-corrected chi connectivity index (χ1v) is 15.9. The second kappa shape index (κ2) is 13.1. The van der Waals surface area contributed by atoms with Gasteiger partial charge in [-0.1, -0.05) is 0 Å². The van der Waals surface area contributed by atoms with Crippen molar-refractivity contribution in [3.8, 4) is 22.8 Å². The highest BCUT2D eigenvalue weighted by Crippen LogP contribution is 2.33. The van der Waals surface area contributed by atoms with Crippen molar-refractivity contribution in [1.82, 2.24) is 29.5 Å². The van der Waals surface area contributed by atoms with Crippen LogP contribution in [0.5, 0.6) is 11.5 Å². The van der Waals surface area contributed by atoms with Crippen molar-refractivity contribution >= 4 is 40.6 Å². The molecule has 0 unspecified atom stereocenters. The lowest BCUT2D eigenvalue weighted by Gasteiger charge is -2.48. The summed E-state index contributed by atoms with van der Waals surface area (Å²) >= 11 is 0. The summed E-state index contributed by atoms with van der Waals surface area (Å²) in [5.74, 6) is 0.905. The molecule has 4 aromatic rings. The number of amides is 2. The normalized spacial score (nSPS) is 16.1. The number of hydrogen-bond donors (Lipinski definition) is 2. The Balaban J connectivity index is 1.11. The van der Waals surface area contributed by atoms with Crippen molar-refractivity contribution in [2.24, 2.45) is 0 Å². The van der Waals surface area contributed by atoms with Crippen molar-refractivity contribution in [2.75, 3.05) is 45.7 Å². The fourth-order valence-electron chi connectivity index (χ4n) is 5.95. The molecule has 0 aliphatic carbocycles. The first-order chi connectivity index (χ1) is 23.3. The molecule has 2 fully saturated rings. The molecule has 2 N–H and O–H groups in total. The quantitative estimate of drug-likeness (QED) is 0.238. The summed E-state index contributed by atoms with van der Waals surface area (Å²) in [7, 11) is 3.21. The summed E-state index contributed by atoms with van der Waals surface area (Å²) in [6, 6.07) is 11.3. The van der Waals surface area contributed by atoms with Crippen LogP contribution in [0.15, 0.2) is 55.0 Å². The zero-order chi connectivity index (χ0) is 34.9. The van der Waals surface area contributed by atoms with Crippen molar-refractivity contribution in [2.45, 2.75) is 50.9 Å². The lowest BCUT2D eigenvalue weighted by Crippen LogP contribution is -2.72. The number of benzene rings is 2. The first-order valence-electron chi connectivity index (χ1n) is 15.9. The van der Waals surface area contributed by atoms with Crippen molar-refractivity contribution in [3.63, 3.8) is 0 Å². The number of carbonyl (C=O) groups is 3. The van der Waals surface area contributed by atoms with Gasteiger partial charge in [0, 0.05) is 54.4 Å². The maximum Gasteiger partial charge on any atom is 0.510 e. The van der Waals surface area contributed by atoms with Crippen LogP contribution in [0.4, 0.5) is 21.0 Å². The van der Waals surface area contributed by atoms with Gasteiger partial charge in [0.1, 0.15) is 17.1 Å². The number of piperidine rings is 1. The Morgan fingerprint density at radius 1 is 0.918 bits per heavy atom. The van der Waals surface area contributed by atoms with Gasteiger partial charge in [-0.3, -0.25) is 19.4 Å². The lowest BCUT2D eigenvalue weighted by molar-refractivity contribution is -0.175. The van der Waals surface area contributed by atoms with E-state index < -0.39 is 29.4 Å². The maximum atomic E-state index is 13.6. The fourth-order valence-corrected chi connectivity index (χ4v) is 5.95. The number of aromatic nitrogens is 4. The number of hydrogen-bond acceptors (Lipinski definition) is 11. The number of nitrogens with zero attached hydrogens (tertiary/aromatic N) is 6. The molecular weight excluding hydrogens is 634 g/mol. The summed E-state index contributed by atoms with van der Waals surface area (Å²) in [5.41, 5.74) is 2.10. The van der Waals surface area contributed by atoms with Crippen LogP contribution in [0.1, 0.15) is 39.7 Å². The molecule has 2 aliphatic heterocycles. The molecule has 2 aromatic carbocycles. The van der Waals surface area contributed by atoms with E-state index in [-0.39, 0.29) is 19.1 Å². The third-order valence-electron chi connectivity index (χ3n) is 8.43. The van der Waals surface area contributed by atoms with Crippen LogP contribution in [0.25, 0.3) is 22.3 Å². The molecule has 6 rings (SSSR count). The zero-order valence-corrected chi connectivity index (χ0v) is 28.0. The van der Waals surface area contributed by atoms with E-state index in [1.54, 1.807) is 58.4 Å². The molecule has 2 saturated heterocycles. The van der Waals surface area contributed by atoms with Crippen molar-refractivity contribution < 1.29 is 38.4 Å². The van der Waals surface area contributed by atoms with Crippen LogP contribution < -0.4 is 14.8 Å². The van der Waals surface area contributed by atoms with E-state index in [1.165, 1.54) is 0 Å². The number of carbonyl (C=O) groups excluding carboxylic acids is 2. The van der Waals surface area contributed by atoms with Crippen LogP contribution in [-0.4, -0.2) is 104 Å². The number of carboxylic acid groups (broad SMARTS) is 1. The van der Waals surface area contributed by atoms with Crippen LogP contribution in [0.2, 0.25) is 0 Å². The molecule has 0 bridgehead atoms. The van der Waals surface area contributed by atoms with Crippen LogP contribution in [0.3, 0.4) is 0 Å². The number of methoxy groups -OCH3 is 2. The summed E-state index contributed by atoms with van der Waals surface area (Å²) in [4.78, 5) is 49.7. The van der Waals surface area contributed by atoms with Crippen LogP contribution >= 0.6 is 0 Å². The monoisotopic (exact) mass is 673 g/mol. The van der Waals surface area contributed by atoms with E-state index in [9.17, 15) is 19.5 Å². The summed E-state index contributed by atoms with van der Waals surface area (Å²) in [6.45, 7) is 5.32. The molecular formula is C34H39N7O8. The topological polar surface area (TPSA) is 170 Å². The molecule has 15 heteroatoms. The molecule has 0 saturated carbocycles. The molecule has 2 aliphatic rings. The highest BCUT2D eigenvalue weighted by atomic mass is 16.7. The molecule has 0 atom stereocenters. The molecule has 258 valence electrons. The number of rotatable bonds is 8. The zero-order valence-electron chi connectivity index (χ0n) is 28.0. The summed E-state index contributed by atoms with van der Waals surface area (Å²) in [6.07, 6.45) is 4.40. The smallest absolute Gasteiger partial charge is 0.497 e. The minimum absolute atomic E-state index is 0.0153. The predicted octanol–water partition coefficient (Wildman–Crippen LogP) is 5.10. The van der Waals surface area contributed by atoms with E-state index in [4.69, 9.17) is 23.9 Å². The molecule has 49 heavy (non-hydrogen) atoms. The largest absolute Gasteiger partial charge is 0.510 e. The second-order valence-electron chi connectivity index (χ2n) is 13.1. The molecule has 2 aromatic heterocycles. The van der Waals surface area contributed by atoms with Gasteiger partial charge in [-0.2, -0.15) is 5.10 Å². The van der Waals surface area contributed by atoms with Crippen LogP contribution in [0, 0.1) is 0 Å². The van der Waals surface area contributed by atoms with E-state index in [2.05, 4.69) is 15.4 Å². The van der Waals surface area contributed by atoms with Gasteiger partial charge >= 0.3 is 12.2 Å². The Bertz CT molecular complexity index is 1850. The second-order valence-corrected chi connectivity index (χ2v) is 13.1. The third kappa shape index (κ3) is 7.29. The minimum Gasteiger partial charge on any atom is -0.497 e. The van der Waals surface area contributed by atoms with Gasteiger partial charge in [0.25, 0.3) is 5.91 Å². The highest BCUT2D eigenvalue weighted by molar-refractivity contribution is 5.91. The van der Waals surface area contributed by atoms with Gasteiger partial charge in [-0.25, -0.2) is 14.6 Å². The number of likely N-dealkylation sites (tertiary alicyclic amines) is 2. The van der Waals surface area contributed by atoms with E-state index in [1.807, 2.05) is 41.2 Å². The van der Waals surface area contributed by atoms with E-state index in [0.717, 1.165) is 27.4 Å². The van der Waals surface area contributed by atoms with E-state index >= 15 is 0 Å². The standard InChI is InChI=1S/C34H39N7O8/c1-33(2,3)48-32(45)49-34(19-40(20-34)31(43)44)30(42)39-10-8-24(9-11-39)41-18-21(16-36-41)29-17-35-27-7-6-22(14-28(27)38-29)37-23-12-25(46-4)15-26(13-23)47-5/h6-7,12-18,24,37H,8-11,19-20H2,1-5H3,(H,43,44). The van der Waals surface area contributed by atoms with Gasteiger partial charge in [0.15, 0.2) is 0 Å². The van der Waals surface area contributed by atoms with Gasteiger partial charge in [-0.15, -0.1) is 0 Å². The molecule has 0 radical (unpaired) electrons. The average molecular weight is 674 g/mol. The first kappa shape index (κ1) is 33.3. The molecule has 2 amide bonds. The minimum atomic E-state index is -1.61. The molecule has 15 nitrogen and oxygen atoms in total. The van der Waals surface area contributed by atoms with Gasteiger partial charge in [-0.05, 0) is 51.8 Å². The average Bonchev–Trinajstić information content (AvgIpc) is 3.55. The van der Waals surface area contributed by atoms with Crippen molar-refractivity contribution in [1.29, 1.82) is 0 Å². The number of fused-ring (bicyclic) bond motifs is 1. The fraction of sp³-hybridized carbons (Fsp3) is 0.412. The Labute approximate surface area is 282 Å². The van der Waals surface area contributed by atoms with Crippen molar-refractivity contribution in [3.05, 3.63) is 55.0 Å². The van der Waals surface area contributed by atoms with Crippen LogP contribution in [-0.2, 0) is 14.3 Å². The highest BCUT2D eigenvalue weighted by Gasteiger charge is 2.57. The Morgan fingerprint density at radius 2 is 1.61 bits per heavy atom. The summed E-state index contributed by atoms with van der Waals surface area (Å²) < 4.78 is 23.4. The van der Waals surface area contributed by atoms with Gasteiger partial charge < -0.3 is 34.3 Å². The van der Waals surface area contributed by atoms with Gasteiger partial charge in [0.05, 0.1) is 62.5 Å². The van der Waals surface area contributed by atoms with Gasteiger partial charge in [0.2, 0.25) is 5.60 Å². The molecule has 4 heterocycles.